The molecule has 0 saturated carbocycles. The molecule has 1 aromatic rings. The number of carbonyl (C=O) groups excluding carboxylic acids is 1. The number of hydrogen-bond donors (Lipinski definition) is 0. The Morgan fingerprint density at radius 2 is 2.16 bits per heavy atom. The summed E-state index contributed by atoms with van der Waals surface area (Å²) >= 11 is 0. The predicted molar refractivity (Wildman–Crippen MR) is 73.4 cm³/mol. The van der Waals surface area contributed by atoms with Crippen molar-refractivity contribution in [3.63, 3.8) is 0 Å². The van der Waals surface area contributed by atoms with E-state index in [1.165, 1.54) is 11.8 Å². The van der Waals surface area contributed by atoms with E-state index in [-0.39, 0.29) is 6.10 Å². The highest BCUT2D eigenvalue weighted by atomic mass is 16.5. The van der Waals surface area contributed by atoms with E-state index in [1.807, 2.05) is 33.8 Å². The molecule has 0 aliphatic carbocycles. The number of ether oxygens (including phenoxy) is 2. The zero-order valence-corrected chi connectivity index (χ0v) is 12.3. The number of esters is 1. The van der Waals surface area contributed by atoms with Crippen LogP contribution in [0.15, 0.2) is 17.8 Å². The number of aromatic nitrogens is 2. The molecule has 0 N–H and O–H groups in total. The fourth-order valence-electron chi connectivity index (χ4n) is 1.47. The second-order valence-corrected chi connectivity index (χ2v) is 4.71. The molecule has 1 rings (SSSR count). The lowest BCUT2D eigenvalue weighted by Gasteiger charge is -2.12. The van der Waals surface area contributed by atoms with E-state index in [0.717, 1.165) is 0 Å². The Hall–Kier alpha value is -1.78. The van der Waals surface area contributed by atoms with E-state index in [1.54, 1.807) is 11.6 Å². The van der Waals surface area contributed by atoms with Crippen molar-refractivity contribution in [3.8, 4) is 5.88 Å². The second kappa shape index (κ2) is 6.97. The van der Waals surface area contributed by atoms with Gasteiger partial charge in [-0.3, -0.25) is 0 Å². The summed E-state index contributed by atoms with van der Waals surface area (Å²) < 4.78 is 12.4. The van der Waals surface area contributed by atoms with Crippen molar-refractivity contribution >= 4 is 5.97 Å². The molecular weight excluding hydrogens is 244 g/mol. The minimum Gasteiger partial charge on any atom is -0.474 e. The first-order valence-electron chi connectivity index (χ1n) is 6.48. The Labute approximate surface area is 114 Å². The largest absolute Gasteiger partial charge is 0.474 e. The average Bonchev–Trinajstić information content (AvgIpc) is 2.69. The van der Waals surface area contributed by atoms with Crippen molar-refractivity contribution in [3.05, 3.63) is 23.4 Å². The molecule has 0 aliphatic rings. The molecule has 1 heterocycles. The van der Waals surface area contributed by atoms with Crippen molar-refractivity contribution in [1.29, 1.82) is 0 Å². The SMILES string of the molecule is CCOC(=O)c1cnn(CC=C(C)C)c1OC(C)C. The summed E-state index contributed by atoms with van der Waals surface area (Å²) in [6.07, 6.45) is 3.49. The lowest BCUT2D eigenvalue weighted by atomic mass is 10.3. The maximum Gasteiger partial charge on any atom is 0.345 e. The average molecular weight is 266 g/mol. The summed E-state index contributed by atoms with van der Waals surface area (Å²) in [6.45, 7) is 10.5. The van der Waals surface area contributed by atoms with Gasteiger partial charge in [-0.25, -0.2) is 9.48 Å². The topological polar surface area (TPSA) is 53.3 Å². The van der Waals surface area contributed by atoms with Gasteiger partial charge in [0.15, 0.2) is 0 Å². The van der Waals surface area contributed by atoms with Crippen LogP contribution in [0.1, 0.15) is 45.0 Å². The molecule has 0 bridgehead atoms. The minimum absolute atomic E-state index is 0.0321. The van der Waals surface area contributed by atoms with Gasteiger partial charge in [-0.05, 0) is 34.6 Å². The van der Waals surface area contributed by atoms with Crippen LogP contribution in [0.25, 0.3) is 0 Å². The maximum absolute atomic E-state index is 11.8. The molecule has 0 unspecified atom stereocenters. The number of nitrogens with zero attached hydrogens (tertiary/aromatic N) is 2. The Balaban J connectivity index is 3.04. The van der Waals surface area contributed by atoms with Crippen LogP contribution in [0.2, 0.25) is 0 Å². The van der Waals surface area contributed by atoms with Gasteiger partial charge in [0, 0.05) is 0 Å². The molecule has 0 atom stereocenters. The van der Waals surface area contributed by atoms with Gasteiger partial charge in [0.2, 0.25) is 5.88 Å². The first kappa shape index (κ1) is 15.3. The zero-order chi connectivity index (χ0) is 14.4. The molecule has 0 aromatic carbocycles. The third-order valence-corrected chi connectivity index (χ3v) is 2.31. The second-order valence-electron chi connectivity index (χ2n) is 4.71. The summed E-state index contributed by atoms with van der Waals surface area (Å²) in [5.41, 5.74) is 1.56. The maximum atomic E-state index is 11.8. The van der Waals surface area contributed by atoms with Gasteiger partial charge in [0.1, 0.15) is 5.56 Å². The number of hydrogen-bond acceptors (Lipinski definition) is 4. The standard InChI is InChI=1S/C14H22N2O3/c1-6-18-14(17)12-9-15-16(8-7-10(2)3)13(12)19-11(4)5/h7,9,11H,6,8H2,1-5H3. The molecular formula is C14H22N2O3. The fraction of sp³-hybridized carbons (Fsp3) is 0.571. The predicted octanol–water partition coefficient (Wildman–Crippen LogP) is 2.81. The number of rotatable bonds is 6. The van der Waals surface area contributed by atoms with Gasteiger partial charge in [0.25, 0.3) is 0 Å². The molecule has 5 nitrogen and oxygen atoms in total. The van der Waals surface area contributed by atoms with Gasteiger partial charge < -0.3 is 9.47 Å². The molecule has 0 spiro atoms. The molecule has 0 saturated heterocycles. The van der Waals surface area contributed by atoms with Crippen molar-refractivity contribution < 1.29 is 14.3 Å². The van der Waals surface area contributed by atoms with Crippen molar-refractivity contribution in [2.24, 2.45) is 0 Å². The van der Waals surface area contributed by atoms with Crippen molar-refractivity contribution in [1.82, 2.24) is 9.78 Å². The van der Waals surface area contributed by atoms with Gasteiger partial charge in [-0.15, -0.1) is 0 Å². The summed E-state index contributed by atoms with van der Waals surface area (Å²) in [7, 11) is 0. The van der Waals surface area contributed by atoms with Crippen LogP contribution in [-0.4, -0.2) is 28.5 Å². The van der Waals surface area contributed by atoms with Crippen molar-refractivity contribution in [2.45, 2.75) is 47.3 Å². The quantitative estimate of drug-likeness (QED) is 0.587. The molecule has 0 radical (unpaired) electrons. The summed E-state index contributed by atoms with van der Waals surface area (Å²) in [4.78, 5) is 11.8. The Bertz CT molecular complexity index is 457. The molecule has 106 valence electrons. The third kappa shape index (κ3) is 4.43. The van der Waals surface area contributed by atoms with Gasteiger partial charge in [-0.2, -0.15) is 5.10 Å². The highest BCUT2D eigenvalue weighted by Crippen LogP contribution is 2.21. The smallest absolute Gasteiger partial charge is 0.345 e. The van der Waals surface area contributed by atoms with E-state index in [4.69, 9.17) is 9.47 Å². The van der Waals surface area contributed by atoms with E-state index in [9.17, 15) is 4.79 Å². The Morgan fingerprint density at radius 1 is 1.47 bits per heavy atom. The van der Waals surface area contributed by atoms with Crippen LogP contribution >= 0.6 is 0 Å². The summed E-state index contributed by atoms with van der Waals surface area (Å²) in [5.74, 6) is 0.0625. The number of carbonyl (C=O) groups is 1. The van der Waals surface area contributed by atoms with Crippen molar-refractivity contribution in [2.75, 3.05) is 6.61 Å². The molecule has 5 heteroatoms. The molecule has 0 fully saturated rings. The molecule has 19 heavy (non-hydrogen) atoms. The van der Waals surface area contributed by atoms with Gasteiger partial charge in [0.05, 0.1) is 25.5 Å². The monoisotopic (exact) mass is 266 g/mol. The first-order chi connectivity index (χ1) is 8.95. The Kier molecular flexibility index (Phi) is 5.60. The highest BCUT2D eigenvalue weighted by molar-refractivity contribution is 5.91. The normalized spacial score (nSPS) is 10.4. The fourth-order valence-corrected chi connectivity index (χ4v) is 1.47. The van der Waals surface area contributed by atoms with Crippen LogP contribution in [-0.2, 0) is 11.3 Å². The van der Waals surface area contributed by atoms with Crippen LogP contribution in [0, 0.1) is 0 Å². The van der Waals surface area contributed by atoms with E-state index in [2.05, 4.69) is 5.10 Å². The van der Waals surface area contributed by atoms with Gasteiger partial charge >= 0.3 is 5.97 Å². The van der Waals surface area contributed by atoms with E-state index >= 15 is 0 Å². The van der Waals surface area contributed by atoms with Gasteiger partial charge in [-0.1, -0.05) is 11.6 Å². The highest BCUT2D eigenvalue weighted by Gasteiger charge is 2.20. The van der Waals surface area contributed by atoms with Crippen LogP contribution in [0.3, 0.4) is 0 Å². The lowest BCUT2D eigenvalue weighted by molar-refractivity contribution is 0.0519. The number of allylic oxidation sites excluding steroid dienone is 2. The first-order valence-corrected chi connectivity index (χ1v) is 6.48. The lowest BCUT2D eigenvalue weighted by Crippen LogP contribution is -2.14. The third-order valence-electron chi connectivity index (χ3n) is 2.31. The molecule has 0 aliphatic heterocycles. The molecule has 1 aromatic heterocycles. The zero-order valence-electron chi connectivity index (χ0n) is 12.3. The Morgan fingerprint density at radius 3 is 2.68 bits per heavy atom. The van der Waals surface area contributed by atoms with E-state index in [0.29, 0.717) is 24.6 Å². The summed E-state index contributed by atoms with van der Waals surface area (Å²) in [5, 5.41) is 4.19. The minimum atomic E-state index is -0.401. The summed E-state index contributed by atoms with van der Waals surface area (Å²) in [6, 6.07) is 0. The van der Waals surface area contributed by atoms with Crippen LogP contribution < -0.4 is 4.74 Å². The van der Waals surface area contributed by atoms with E-state index < -0.39 is 5.97 Å². The van der Waals surface area contributed by atoms with Crippen LogP contribution in [0.5, 0.6) is 5.88 Å². The van der Waals surface area contributed by atoms with Crippen LogP contribution in [0.4, 0.5) is 0 Å². The molecule has 0 amide bonds.